The van der Waals surface area contributed by atoms with E-state index in [0.29, 0.717) is 0 Å². The Morgan fingerprint density at radius 1 is 1.83 bits per heavy atom. The summed E-state index contributed by atoms with van der Waals surface area (Å²) in [5.41, 5.74) is 0. The van der Waals surface area contributed by atoms with E-state index in [-0.39, 0.29) is 0 Å². The van der Waals surface area contributed by atoms with Crippen LogP contribution in [-0.2, 0) is 21.3 Å². The van der Waals surface area contributed by atoms with Crippen molar-refractivity contribution in [2.24, 2.45) is 0 Å². The molecule has 0 unspecified atom stereocenters. The second-order valence-electron chi connectivity index (χ2n) is 0.492. The molecule has 0 rings (SSSR count). The van der Waals surface area contributed by atoms with Crippen LogP contribution in [0.3, 0.4) is 0 Å². The molecule has 0 aliphatic rings. The van der Waals surface area contributed by atoms with Gasteiger partial charge in [0.1, 0.15) is 0 Å². The quantitative estimate of drug-likeness (QED) is 0.414. The molecular formula is C2H3CuFO2. The van der Waals surface area contributed by atoms with Gasteiger partial charge in [0.2, 0.25) is 0 Å². The van der Waals surface area contributed by atoms with Crippen LogP contribution in [0.4, 0.5) is 3.55 Å². The van der Waals surface area contributed by atoms with Crippen LogP contribution in [-0.4, -0.2) is 5.97 Å². The average Bonchev–Trinajstić information content (AvgIpc) is 1.41. The van der Waals surface area contributed by atoms with Crippen LogP contribution in [0.15, 0.2) is 0 Å². The van der Waals surface area contributed by atoms with Gasteiger partial charge < -0.3 is 9.90 Å². The number of hydrogen-bond acceptors (Lipinski definition) is 2. The summed E-state index contributed by atoms with van der Waals surface area (Å²) in [7, 11) is 0. The number of carboxylic acids is 1. The molecule has 0 fully saturated rings. The molecule has 0 aromatic rings. The van der Waals surface area contributed by atoms with Crippen molar-refractivity contribution in [3.05, 3.63) is 0 Å². The summed E-state index contributed by atoms with van der Waals surface area (Å²) in [6, 6.07) is 0. The maximum atomic E-state index is 9.06. The molecule has 0 N–H and O–H groups in total. The number of aliphatic carboxylic acids is 1. The molecule has 0 heterocycles. The van der Waals surface area contributed by atoms with Gasteiger partial charge in [-0.3, -0.25) is 0 Å². The standard InChI is InChI=1S/C2H4O2.Cu.FH/c1-2(3)4;;/h1H3,(H,3,4);;1H/q;+2;/p-2. The first-order valence-electron chi connectivity index (χ1n) is 1.02. The van der Waals surface area contributed by atoms with Crippen molar-refractivity contribution in [3.8, 4) is 0 Å². The first kappa shape index (κ1) is 9.33. The van der Waals surface area contributed by atoms with E-state index in [1.165, 1.54) is 0 Å². The van der Waals surface area contributed by atoms with E-state index in [4.69, 9.17) is 13.5 Å². The molecule has 0 atom stereocenters. The molecule has 0 saturated carbocycles. The molecule has 4 heteroatoms. The number of hydrogen-bond donors (Lipinski definition) is 0. The van der Waals surface area contributed by atoms with Gasteiger partial charge in [-0.25, -0.2) is 0 Å². The van der Waals surface area contributed by atoms with Gasteiger partial charge in [0.15, 0.2) is 0 Å². The fourth-order valence-corrected chi connectivity index (χ4v) is 0. The first-order valence-corrected chi connectivity index (χ1v) is 1.38. The van der Waals surface area contributed by atoms with Crippen LogP contribution in [0.25, 0.3) is 0 Å². The van der Waals surface area contributed by atoms with Crippen molar-refractivity contribution in [2.45, 2.75) is 6.92 Å². The molecule has 0 radical (unpaired) electrons. The first-order chi connectivity index (χ1) is 2.73. The van der Waals surface area contributed by atoms with Gasteiger partial charge in [0.25, 0.3) is 0 Å². The van der Waals surface area contributed by atoms with E-state index in [1.807, 2.05) is 0 Å². The molecule has 41 valence electrons. The van der Waals surface area contributed by atoms with E-state index in [2.05, 4.69) is 16.5 Å². The van der Waals surface area contributed by atoms with Gasteiger partial charge in [0, 0.05) is 5.97 Å². The number of rotatable bonds is 0. The minimum atomic E-state index is -1.08. The van der Waals surface area contributed by atoms with E-state index in [9.17, 15) is 0 Å². The zero-order chi connectivity index (χ0) is 5.58. The molecule has 0 aliphatic carbocycles. The van der Waals surface area contributed by atoms with Crippen molar-refractivity contribution in [3.63, 3.8) is 0 Å². The molecule has 0 bridgehead atoms. The van der Waals surface area contributed by atoms with Crippen LogP contribution in [0, 0.1) is 0 Å². The van der Waals surface area contributed by atoms with Gasteiger partial charge in [-0.2, -0.15) is 0 Å². The number of carbonyl (C=O) groups is 1. The normalized spacial score (nSPS) is 5.33. The van der Waals surface area contributed by atoms with E-state index >= 15 is 0 Å². The number of carbonyl (C=O) groups excluding carboxylic acids is 1. The summed E-state index contributed by atoms with van der Waals surface area (Å²) in [5, 5.41) is 8.89. The molecule has 0 aliphatic heterocycles. The SMILES string of the molecule is CC(=O)[O-].[F][Cu+]. The van der Waals surface area contributed by atoms with Gasteiger partial charge >= 0.3 is 20.0 Å². The summed E-state index contributed by atoms with van der Waals surface area (Å²) in [6.45, 7) is 0.972. The Labute approximate surface area is 43.6 Å². The third kappa shape index (κ3) is 5150. The molecular weight excluding hydrogens is 139 g/mol. The molecule has 6 heavy (non-hydrogen) atoms. The molecule has 0 amide bonds. The Morgan fingerprint density at radius 3 is 1.83 bits per heavy atom. The Hall–Kier alpha value is -0.0805. The van der Waals surface area contributed by atoms with E-state index < -0.39 is 5.97 Å². The second-order valence-corrected chi connectivity index (χ2v) is 0.492. The fourth-order valence-electron chi connectivity index (χ4n) is 0. The minimum absolute atomic E-state index is 0.972. The van der Waals surface area contributed by atoms with Crippen molar-refractivity contribution in [1.82, 2.24) is 0 Å². The van der Waals surface area contributed by atoms with E-state index in [1.54, 1.807) is 0 Å². The van der Waals surface area contributed by atoms with Crippen molar-refractivity contribution >= 4 is 5.97 Å². The van der Waals surface area contributed by atoms with Crippen LogP contribution < -0.4 is 5.11 Å². The molecule has 0 saturated heterocycles. The van der Waals surface area contributed by atoms with Crippen LogP contribution >= 0.6 is 0 Å². The van der Waals surface area contributed by atoms with E-state index in [0.717, 1.165) is 6.92 Å². The topological polar surface area (TPSA) is 40.1 Å². The number of halogens is 1. The van der Waals surface area contributed by atoms with Gasteiger partial charge in [-0.15, -0.1) is 0 Å². The Balaban J connectivity index is 0. The summed E-state index contributed by atoms with van der Waals surface area (Å²) in [4.78, 5) is 8.89. The maximum absolute atomic E-state index is 9.06. The van der Waals surface area contributed by atoms with Crippen LogP contribution in [0.2, 0.25) is 0 Å². The predicted molar refractivity (Wildman–Crippen MR) is 11.8 cm³/mol. The predicted octanol–water partition coefficient (Wildman–Crippen LogP) is -0.826. The Morgan fingerprint density at radius 2 is 1.83 bits per heavy atom. The summed E-state index contributed by atoms with van der Waals surface area (Å²) in [5.74, 6) is -1.08. The molecule has 0 aromatic heterocycles. The fraction of sp³-hybridized carbons (Fsp3) is 0.500. The Kier molecular flexibility index (Phi) is 13.8. The monoisotopic (exact) mass is 141 g/mol. The third-order valence-corrected chi connectivity index (χ3v) is 0. The summed E-state index contributed by atoms with van der Waals surface area (Å²) >= 11 is 2.69. The molecule has 0 spiro atoms. The molecule has 0 aromatic carbocycles. The van der Waals surface area contributed by atoms with Gasteiger partial charge in [0.05, 0.1) is 0 Å². The van der Waals surface area contributed by atoms with Crippen molar-refractivity contribution in [2.75, 3.05) is 0 Å². The third-order valence-electron chi connectivity index (χ3n) is 0. The Bertz CT molecular complexity index is 34.5. The zero-order valence-corrected chi connectivity index (χ0v) is 3.94. The second kappa shape index (κ2) is 8.87. The average molecular weight is 142 g/mol. The zero-order valence-electron chi connectivity index (χ0n) is 3.00. The van der Waals surface area contributed by atoms with Crippen LogP contribution in [0.1, 0.15) is 6.92 Å². The van der Waals surface area contributed by atoms with Crippen LogP contribution in [0.5, 0.6) is 0 Å². The van der Waals surface area contributed by atoms with Crippen molar-refractivity contribution < 1.29 is 29.9 Å². The summed E-state index contributed by atoms with van der Waals surface area (Å²) < 4.78 is 9.06. The van der Waals surface area contributed by atoms with Gasteiger partial charge in [-0.05, 0) is 6.92 Å². The summed E-state index contributed by atoms with van der Waals surface area (Å²) in [6.07, 6.45) is 0. The van der Waals surface area contributed by atoms with Crippen molar-refractivity contribution in [1.29, 1.82) is 0 Å². The van der Waals surface area contributed by atoms with Gasteiger partial charge in [-0.1, -0.05) is 0 Å². The molecule has 2 nitrogen and oxygen atoms in total. The number of carboxylic acid groups (broad SMARTS) is 1.